The van der Waals surface area contributed by atoms with E-state index in [2.05, 4.69) is 0 Å². The second kappa shape index (κ2) is 6.86. The molecule has 0 aromatic heterocycles. The van der Waals surface area contributed by atoms with Crippen LogP contribution in [0.3, 0.4) is 0 Å². The van der Waals surface area contributed by atoms with Crippen molar-refractivity contribution >= 4 is 29.2 Å². The van der Waals surface area contributed by atoms with Crippen LogP contribution >= 0.6 is 23.4 Å². The highest BCUT2D eigenvalue weighted by Crippen LogP contribution is 2.22. The summed E-state index contributed by atoms with van der Waals surface area (Å²) in [4.78, 5) is 0. The molecule has 0 fully saturated rings. The van der Waals surface area contributed by atoms with Crippen molar-refractivity contribution in [3.8, 4) is 0 Å². The first-order chi connectivity index (χ1) is 8.04. The van der Waals surface area contributed by atoms with Crippen LogP contribution < -0.4 is 5.73 Å². The van der Waals surface area contributed by atoms with E-state index in [0.29, 0.717) is 22.1 Å². The van der Waals surface area contributed by atoms with Gasteiger partial charge < -0.3 is 15.9 Å². The van der Waals surface area contributed by atoms with Crippen molar-refractivity contribution in [3.63, 3.8) is 0 Å². The number of aliphatic hydroxyl groups is 2. The predicted octanol–water partition coefficient (Wildman–Crippen LogP) is 1.21. The zero-order valence-electron chi connectivity index (χ0n) is 9.19. The minimum absolute atomic E-state index is 0.0122. The van der Waals surface area contributed by atoms with Crippen LogP contribution in [-0.2, 0) is 5.75 Å². The monoisotopic (exact) mass is 274 g/mol. The Morgan fingerprint density at radius 2 is 2.24 bits per heavy atom. The smallest absolute Gasteiger partial charge is 0.122 e. The number of thioether (sulfide) groups is 1. The van der Waals surface area contributed by atoms with Gasteiger partial charge in [-0.05, 0) is 11.6 Å². The summed E-state index contributed by atoms with van der Waals surface area (Å²) in [5.41, 5.74) is 6.87. The first-order valence-electron chi connectivity index (χ1n) is 5.04. The number of hydrogen-bond acceptors (Lipinski definition) is 4. The second-order valence-electron chi connectivity index (χ2n) is 3.57. The molecule has 1 rings (SSSR count). The molecule has 0 bridgehead atoms. The largest absolute Gasteiger partial charge is 0.394 e. The normalized spacial score (nSPS) is 12.4. The molecule has 0 amide bonds. The number of aliphatic hydroxyl groups excluding tert-OH is 2. The molecule has 1 unspecified atom stereocenters. The molecule has 1 aromatic rings. The number of benzene rings is 1. The minimum atomic E-state index is -0.699. The molecule has 6 heteroatoms. The van der Waals surface area contributed by atoms with Crippen molar-refractivity contribution < 1.29 is 10.2 Å². The Kier molecular flexibility index (Phi) is 5.77. The Morgan fingerprint density at radius 3 is 2.76 bits per heavy atom. The fraction of sp³-hybridized carbons (Fsp3) is 0.364. The average molecular weight is 275 g/mol. The van der Waals surface area contributed by atoms with Gasteiger partial charge in [0.1, 0.15) is 5.84 Å². The van der Waals surface area contributed by atoms with Crippen LogP contribution in [-0.4, -0.2) is 34.5 Å². The van der Waals surface area contributed by atoms with Gasteiger partial charge in [-0.25, -0.2) is 0 Å². The van der Waals surface area contributed by atoms with E-state index < -0.39 is 6.10 Å². The molecular weight excluding hydrogens is 260 g/mol. The highest BCUT2D eigenvalue weighted by atomic mass is 35.5. The molecule has 5 N–H and O–H groups in total. The summed E-state index contributed by atoms with van der Waals surface area (Å²) in [6, 6.07) is 5.21. The zero-order chi connectivity index (χ0) is 12.8. The van der Waals surface area contributed by atoms with Crippen LogP contribution in [0.5, 0.6) is 0 Å². The summed E-state index contributed by atoms with van der Waals surface area (Å²) >= 11 is 7.53. The number of nitrogen functional groups attached to an aromatic ring is 1. The Balaban J connectivity index is 2.57. The van der Waals surface area contributed by atoms with Crippen molar-refractivity contribution in [1.29, 1.82) is 5.41 Å². The van der Waals surface area contributed by atoms with E-state index in [1.165, 1.54) is 11.8 Å². The number of rotatable bonds is 6. The molecule has 1 atom stereocenters. The number of hydrogen-bond donors (Lipinski definition) is 4. The molecular formula is C11H15ClN2O2S. The summed E-state index contributed by atoms with van der Waals surface area (Å²) in [7, 11) is 0. The van der Waals surface area contributed by atoms with Crippen LogP contribution in [0.4, 0.5) is 0 Å². The summed E-state index contributed by atoms with van der Waals surface area (Å²) in [6.45, 7) is -0.232. The van der Waals surface area contributed by atoms with Crippen molar-refractivity contribution in [2.45, 2.75) is 11.9 Å². The fourth-order valence-electron chi connectivity index (χ4n) is 1.19. The summed E-state index contributed by atoms with van der Waals surface area (Å²) in [6.07, 6.45) is -0.699. The Labute approximate surface area is 109 Å². The average Bonchev–Trinajstić information content (AvgIpc) is 2.30. The van der Waals surface area contributed by atoms with Gasteiger partial charge in [-0.2, -0.15) is 11.8 Å². The molecule has 0 radical (unpaired) electrons. The summed E-state index contributed by atoms with van der Waals surface area (Å²) < 4.78 is 0. The van der Waals surface area contributed by atoms with E-state index in [9.17, 15) is 5.11 Å². The number of nitrogens with two attached hydrogens (primary N) is 1. The molecule has 4 nitrogen and oxygen atoms in total. The Bertz CT molecular complexity index is 401. The van der Waals surface area contributed by atoms with E-state index >= 15 is 0 Å². The Morgan fingerprint density at radius 1 is 1.53 bits per heavy atom. The van der Waals surface area contributed by atoms with Crippen molar-refractivity contribution in [2.75, 3.05) is 12.4 Å². The SMILES string of the molecule is N=C(N)c1ccc(CSCC(O)CO)c(Cl)c1. The molecule has 0 aliphatic carbocycles. The van der Waals surface area contributed by atoms with Gasteiger partial charge in [0.05, 0.1) is 12.7 Å². The standard InChI is InChI=1S/C11H15ClN2O2S/c12-10-3-7(11(13)14)1-2-8(10)5-17-6-9(16)4-15/h1-3,9,15-16H,4-6H2,(H3,13,14). The molecule has 0 saturated heterocycles. The third-order valence-corrected chi connectivity index (χ3v) is 3.63. The Hall–Kier alpha value is -0.750. The maximum Gasteiger partial charge on any atom is 0.122 e. The fourth-order valence-corrected chi connectivity index (χ4v) is 2.48. The predicted molar refractivity (Wildman–Crippen MR) is 71.7 cm³/mol. The lowest BCUT2D eigenvalue weighted by atomic mass is 10.1. The maximum atomic E-state index is 9.17. The van der Waals surface area contributed by atoms with Gasteiger partial charge in [0.15, 0.2) is 0 Å². The third kappa shape index (κ3) is 4.55. The molecule has 0 heterocycles. The van der Waals surface area contributed by atoms with Crippen LogP contribution in [0.25, 0.3) is 0 Å². The van der Waals surface area contributed by atoms with Crippen LogP contribution in [0.15, 0.2) is 18.2 Å². The molecule has 94 valence electrons. The topological polar surface area (TPSA) is 90.3 Å². The summed E-state index contributed by atoms with van der Waals surface area (Å²) in [5, 5.41) is 25.7. The number of nitrogens with one attached hydrogen (secondary N) is 1. The minimum Gasteiger partial charge on any atom is -0.394 e. The molecule has 0 spiro atoms. The first-order valence-corrected chi connectivity index (χ1v) is 6.57. The quantitative estimate of drug-likeness (QED) is 0.464. The van der Waals surface area contributed by atoms with Gasteiger partial charge in [-0.1, -0.05) is 23.7 Å². The molecule has 0 aliphatic rings. The van der Waals surface area contributed by atoms with Crippen molar-refractivity contribution in [1.82, 2.24) is 0 Å². The highest BCUT2D eigenvalue weighted by molar-refractivity contribution is 7.98. The number of halogens is 1. The van der Waals surface area contributed by atoms with Gasteiger partial charge in [0.25, 0.3) is 0 Å². The lowest BCUT2D eigenvalue weighted by molar-refractivity contribution is 0.113. The van der Waals surface area contributed by atoms with E-state index in [-0.39, 0.29) is 12.4 Å². The molecule has 17 heavy (non-hydrogen) atoms. The van der Waals surface area contributed by atoms with Crippen LogP contribution in [0, 0.1) is 5.41 Å². The van der Waals surface area contributed by atoms with E-state index in [4.69, 9.17) is 27.9 Å². The van der Waals surface area contributed by atoms with Gasteiger partial charge in [0, 0.05) is 22.1 Å². The van der Waals surface area contributed by atoms with E-state index in [0.717, 1.165) is 5.56 Å². The van der Waals surface area contributed by atoms with Gasteiger partial charge in [-0.3, -0.25) is 5.41 Å². The highest BCUT2D eigenvalue weighted by Gasteiger charge is 2.06. The van der Waals surface area contributed by atoms with E-state index in [1.807, 2.05) is 6.07 Å². The molecule has 0 saturated carbocycles. The van der Waals surface area contributed by atoms with Gasteiger partial charge in [-0.15, -0.1) is 0 Å². The maximum absolute atomic E-state index is 9.17. The van der Waals surface area contributed by atoms with Crippen molar-refractivity contribution in [2.24, 2.45) is 5.73 Å². The molecule has 0 aliphatic heterocycles. The lowest BCUT2D eigenvalue weighted by Crippen LogP contribution is -2.14. The van der Waals surface area contributed by atoms with Crippen LogP contribution in [0.2, 0.25) is 5.02 Å². The van der Waals surface area contributed by atoms with Gasteiger partial charge >= 0.3 is 0 Å². The van der Waals surface area contributed by atoms with Crippen LogP contribution in [0.1, 0.15) is 11.1 Å². The first kappa shape index (κ1) is 14.3. The van der Waals surface area contributed by atoms with E-state index in [1.54, 1.807) is 12.1 Å². The summed E-state index contributed by atoms with van der Waals surface area (Å²) in [5.74, 6) is 1.09. The van der Waals surface area contributed by atoms with Gasteiger partial charge in [0.2, 0.25) is 0 Å². The second-order valence-corrected chi connectivity index (χ2v) is 5.01. The van der Waals surface area contributed by atoms with Crippen molar-refractivity contribution in [3.05, 3.63) is 34.3 Å². The lowest BCUT2D eigenvalue weighted by Gasteiger charge is -2.08. The number of amidine groups is 1. The third-order valence-electron chi connectivity index (χ3n) is 2.14. The zero-order valence-corrected chi connectivity index (χ0v) is 10.8. The molecule has 1 aromatic carbocycles.